The van der Waals surface area contributed by atoms with Gasteiger partial charge in [-0.3, -0.25) is 9.59 Å². The number of ether oxygens (including phenoxy) is 2. The Morgan fingerprint density at radius 2 is 1.71 bits per heavy atom. The number of Topliss-reactive ketones (excluding diaryl/α,β-unsaturated/α-hetero) is 1. The van der Waals surface area contributed by atoms with E-state index < -0.39 is 5.82 Å². The molecule has 146 valence electrons. The maximum atomic E-state index is 14.0. The molecule has 0 aliphatic carbocycles. The van der Waals surface area contributed by atoms with E-state index in [4.69, 9.17) is 21.1 Å². The Kier molecular flexibility index (Phi) is 5.22. The van der Waals surface area contributed by atoms with Crippen LogP contribution in [0, 0.1) is 11.7 Å². The minimum Gasteiger partial charge on any atom is -0.486 e. The fourth-order valence-electron chi connectivity index (χ4n) is 3.61. The van der Waals surface area contributed by atoms with Gasteiger partial charge >= 0.3 is 0 Å². The number of fused-ring (bicyclic) bond motifs is 1. The molecule has 28 heavy (non-hydrogen) atoms. The first kappa shape index (κ1) is 18.7. The lowest BCUT2D eigenvalue weighted by Gasteiger charge is -2.31. The van der Waals surface area contributed by atoms with E-state index in [1.165, 1.54) is 12.1 Å². The number of likely N-dealkylation sites (tertiary alicyclic amines) is 1. The molecule has 5 nitrogen and oxygen atoms in total. The van der Waals surface area contributed by atoms with Gasteiger partial charge in [-0.1, -0.05) is 11.6 Å². The monoisotopic (exact) mass is 403 g/mol. The van der Waals surface area contributed by atoms with Gasteiger partial charge in [0.05, 0.1) is 5.56 Å². The van der Waals surface area contributed by atoms with Gasteiger partial charge in [0.1, 0.15) is 19.0 Å². The van der Waals surface area contributed by atoms with Crippen LogP contribution < -0.4 is 9.47 Å². The van der Waals surface area contributed by atoms with Gasteiger partial charge in [0.25, 0.3) is 5.91 Å². The number of carbonyl (C=O) groups is 2. The minimum absolute atomic E-state index is 0.000938. The summed E-state index contributed by atoms with van der Waals surface area (Å²) in [5.41, 5.74) is 0.582. The highest BCUT2D eigenvalue weighted by atomic mass is 35.5. The maximum Gasteiger partial charge on any atom is 0.256 e. The van der Waals surface area contributed by atoms with Gasteiger partial charge in [-0.05, 0) is 49.2 Å². The van der Waals surface area contributed by atoms with Gasteiger partial charge in [-0.15, -0.1) is 0 Å². The molecule has 2 aliphatic heterocycles. The van der Waals surface area contributed by atoms with E-state index in [9.17, 15) is 14.0 Å². The molecule has 0 radical (unpaired) electrons. The second kappa shape index (κ2) is 7.80. The first-order chi connectivity index (χ1) is 13.5. The van der Waals surface area contributed by atoms with Crippen LogP contribution in [0.2, 0.25) is 5.02 Å². The van der Waals surface area contributed by atoms with Gasteiger partial charge in [-0.25, -0.2) is 4.39 Å². The van der Waals surface area contributed by atoms with Crippen LogP contribution in [0.15, 0.2) is 36.4 Å². The maximum absolute atomic E-state index is 14.0. The molecular weight excluding hydrogens is 385 g/mol. The van der Waals surface area contributed by atoms with Crippen LogP contribution in [0.25, 0.3) is 0 Å². The SMILES string of the molecule is O=C(c1ccc2c(c1)OCCO2)C1CCN(C(=O)c2ccc(Cl)cc2F)CC1. The van der Waals surface area contributed by atoms with E-state index in [-0.39, 0.29) is 28.2 Å². The fourth-order valence-corrected chi connectivity index (χ4v) is 3.77. The van der Waals surface area contributed by atoms with Crippen LogP contribution in [0.4, 0.5) is 4.39 Å². The number of carbonyl (C=O) groups excluding carboxylic acids is 2. The van der Waals surface area contributed by atoms with E-state index >= 15 is 0 Å². The fraction of sp³-hybridized carbons (Fsp3) is 0.333. The number of piperidine rings is 1. The summed E-state index contributed by atoms with van der Waals surface area (Å²) in [6.07, 6.45) is 1.07. The molecule has 0 N–H and O–H groups in total. The van der Waals surface area contributed by atoms with Crippen molar-refractivity contribution in [3.05, 3.63) is 58.4 Å². The molecule has 2 aromatic carbocycles. The number of ketones is 1. The van der Waals surface area contributed by atoms with Crippen molar-refractivity contribution in [1.29, 1.82) is 0 Å². The van der Waals surface area contributed by atoms with Crippen molar-refractivity contribution in [3.8, 4) is 11.5 Å². The minimum atomic E-state index is -0.632. The topological polar surface area (TPSA) is 55.8 Å². The van der Waals surface area contributed by atoms with Gasteiger partial charge < -0.3 is 14.4 Å². The molecule has 2 heterocycles. The number of rotatable bonds is 3. The number of amides is 1. The normalized spacial score (nSPS) is 16.7. The van der Waals surface area contributed by atoms with Gasteiger partial charge in [-0.2, -0.15) is 0 Å². The molecule has 0 spiro atoms. The Bertz CT molecular complexity index is 925. The molecular formula is C21H19ClFNO4. The van der Waals surface area contributed by atoms with Crippen LogP contribution in [0.3, 0.4) is 0 Å². The molecule has 1 amide bonds. The molecule has 1 saturated heterocycles. The lowest BCUT2D eigenvalue weighted by molar-refractivity contribution is 0.0646. The van der Waals surface area contributed by atoms with Crippen molar-refractivity contribution in [2.24, 2.45) is 5.92 Å². The predicted molar refractivity (Wildman–Crippen MR) is 102 cm³/mol. The molecule has 1 fully saturated rings. The highest BCUT2D eigenvalue weighted by Crippen LogP contribution is 2.32. The van der Waals surface area contributed by atoms with Gasteiger partial charge in [0.2, 0.25) is 0 Å². The Morgan fingerprint density at radius 3 is 2.43 bits per heavy atom. The van der Waals surface area contributed by atoms with Crippen molar-refractivity contribution in [3.63, 3.8) is 0 Å². The molecule has 0 bridgehead atoms. The third-order valence-corrected chi connectivity index (χ3v) is 5.38. The smallest absolute Gasteiger partial charge is 0.256 e. The van der Waals surface area contributed by atoms with Crippen LogP contribution in [-0.4, -0.2) is 42.9 Å². The lowest BCUT2D eigenvalue weighted by atomic mass is 9.88. The van der Waals surface area contributed by atoms with Crippen LogP contribution in [0.5, 0.6) is 11.5 Å². The second-order valence-electron chi connectivity index (χ2n) is 6.91. The number of nitrogens with zero attached hydrogens (tertiary/aromatic N) is 1. The summed E-state index contributed by atoms with van der Waals surface area (Å²) >= 11 is 5.74. The second-order valence-corrected chi connectivity index (χ2v) is 7.35. The Labute approximate surface area is 167 Å². The zero-order valence-electron chi connectivity index (χ0n) is 15.1. The highest BCUT2D eigenvalue weighted by Gasteiger charge is 2.30. The summed E-state index contributed by atoms with van der Waals surface area (Å²) in [4.78, 5) is 27.0. The molecule has 0 atom stereocenters. The van der Waals surface area contributed by atoms with Crippen LogP contribution in [-0.2, 0) is 0 Å². The predicted octanol–water partition coefficient (Wildman–Crippen LogP) is 3.99. The molecule has 0 saturated carbocycles. The highest BCUT2D eigenvalue weighted by molar-refractivity contribution is 6.30. The molecule has 4 rings (SSSR count). The molecule has 2 aliphatic rings. The Morgan fingerprint density at radius 1 is 1.00 bits per heavy atom. The Balaban J connectivity index is 1.41. The number of hydrogen-bond acceptors (Lipinski definition) is 4. The number of halogens is 2. The summed E-state index contributed by atoms with van der Waals surface area (Å²) in [7, 11) is 0. The van der Waals surface area contributed by atoms with Crippen molar-refractivity contribution < 1.29 is 23.5 Å². The van der Waals surface area contributed by atoms with Crippen molar-refractivity contribution in [2.45, 2.75) is 12.8 Å². The number of benzene rings is 2. The van der Waals surface area contributed by atoms with E-state index in [1.807, 2.05) is 0 Å². The Hall–Kier alpha value is -2.60. The van der Waals surface area contributed by atoms with Crippen molar-refractivity contribution in [2.75, 3.05) is 26.3 Å². The quantitative estimate of drug-likeness (QED) is 0.727. The standard InChI is InChI=1S/C21H19ClFNO4/c22-15-2-3-16(17(23)12-15)21(26)24-7-5-13(6-8-24)20(25)14-1-4-18-19(11-14)28-10-9-27-18/h1-4,11-13H,5-10H2. The van der Waals surface area contributed by atoms with Crippen molar-refractivity contribution >= 4 is 23.3 Å². The average molecular weight is 404 g/mol. The average Bonchev–Trinajstić information content (AvgIpc) is 2.72. The first-order valence-corrected chi connectivity index (χ1v) is 9.59. The molecule has 2 aromatic rings. The van der Waals surface area contributed by atoms with Crippen molar-refractivity contribution in [1.82, 2.24) is 4.90 Å². The van der Waals surface area contributed by atoms with E-state index in [0.29, 0.717) is 56.2 Å². The zero-order chi connectivity index (χ0) is 19.7. The summed E-state index contributed by atoms with van der Waals surface area (Å²) < 4.78 is 25.0. The van der Waals surface area contributed by atoms with Gasteiger partial charge in [0.15, 0.2) is 17.3 Å². The lowest BCUT2D eigenvalue weighted by Crippen LogP contribution is -2.40. The third kappa shape index (κ3) is 3.69. The van der Waals surface area contributed by atoms with E-state index in [2.05, 4.69) is 0 Å². The summed E-state index contributed by atoms with van der Waals surface area (Å²) in [5, 5.41) is 0.248. The van der Waals surface area contributed by atoms with E-state index in [0.717, 1.165) is 6.07 Å². The molecule has 7 heteroatoms. The third-order valence-electron chi connectivity index (χ3n) is 5.14. The van der Waals surface area contributed by atoms with Crippen LogP contribution in [0.1, 0.15) is 33.6 Å². The first-order valence-electron chi connectivity index (χ1n) is 9.21. The summed E-state index contributed by atoms with van der Waals surface area (Å²) in [6, 6.07) is 9.24. The van der Waals surface area contributed by atoms with Gasteiger partial charge in [0, 0.05) is 29.6 Å². The van der Waals surface area contributed by atoms with Crippen LogP contribution >= 0.6 is 11.6 Å². The summed E-state index contributed by atoms with van der Waals surface area (Å²) in [6.45, 7) is 1.77. The summed E-state index contributed by atoms with van der Waals surface area (Å²) in [5.74, 6) is 0.0749. The molecule has 0 aromatic heterocycles. The number of hydrogen-bond donors (Lipinski definition) is 0. The molecule has 0 unspecified atom stereocenters. The largest absolute Gasteiger partial charge is 0.486 e. The zero-order valence-corrected chi connectivity index (χ0v) is 15.9. The van der Waals surface area contributed by atoms with E-state index in [1.54, 1.807) is 23.1 Å².